The van der Waals surface area contributed by atoms with Crippen molar-refractivity contribution in [2.75, 3.05) is 0 Å². The molecule has 21 heavy (non-hydrogen) atoms. The van der Waals surface area contributed by atoms with Crippen LogP contribution in [0.4, 0.5) is 0 Å². The highest BCUT2D eigenvalue weighted by molar-refractivity contribution is 5.88. The smallest absolute Gasteiger partial charge is 0.230 e. The SMILES string of the molecule is Cc1cc(C)cc(Oc2nc3ccccc3cc2C=O)c1. The molecule has 0 radical (unpaired) electrons. The summed E-state index contributed by atoms with van der Waals surface area (Å²) < 4.78 is 5.83. The lowest BCUT2D eigenvalue weighted by molar-refractivity contribution is 0.112. The number of aromatic nitrogens is 1. The summed E-state index contributed by atoms with van der Waals surface area (Å²) in [5.41, 5.74) is 3.48. The normalized spacial score (nSPS) is 10.6. The van der Waals surface area contributed by atoms with Crippen LogP contribution < -0.4 is 4.74 Å². The Bertz CT molecular complexity index is 804. The number of aryl methyl sites for hydroxylation is 2. The minimum absolute atomic E-state index is 0.341. The standard InChI is InChI=1S/C18H15NO2/c1-12-7-13(2)9-16(8-12)21-18-15(11-20)10-14-5-3-4-6-17(14)19-18/h3-11H,1-2H3. The third-order valence-electron chi connectivity index (χ3n) is 3.25. The molecule has 0 saturated carbocycles. The zero-order valence-corrected chi connectivity index (χ0v) is 12.0. The summed E-state index contributed by atoms with van der Waals surface area (Å²) in [6, 6.07) is 15.4. The first-order chi connectivity index (χ1) is 10.2. The van der Waals surface area contributed by atoms with Crippen LogP contribution >= 0.6 is 0 Å². The van der Waals surface area contributed by atoms with Crippen molar-refractivity contribution in [2.45, 2.75) is 13.8 Å². The molecule has 2 aromatic carbocycles. The molecule has 0 aliphatic carbocycles. The highest BCUT2D eigenvalue weighted by atomic mass is 16.5. The molecular weight excluding hydrogens is 262 g/mol. The number of nitrogens with zero attached hydrogens (tertiary/aromatic N) is 1. The van der Waals surface area contributed by atoms with E-state index in [-0.39, 0.29) is 0 Å². The van der Waals surface area contributed by atoms with Gasteiger partial charge in [-0.1, -0.05) is 24.3 Å². The molecule has 3 rings (SSSR count). The molecule has 3 nitrogen and oxygen atoms in total. The maximum Gasteiger partial charge on any atom is 0.230 e. The molecular formula is C18H15NO2. The second-order valence-corrected chi connectivity index (χ2v) is 5.12. The van der Waals surface area contributed by atoms with E-state index in [1.807, 2.05) is 50.2 Å². The fourth-order valence-corrected chi connectivity index (χ4v) is 2.38. The molecule has 0 fully saturated rings. The summed E-state index contributed by atoms with van der Waals surface area (Å²) in [5.74, 6) is 1.03. The van der Waals surface area contributed by atoms with E-state index in [0.29, 0.717) is 17.2 Å². The number of hydrogen-bond acceptors (Lipinski definition) is 3. The van der Waals surface area contributed by atoms with Crippen LogP contribution in [0, 0.1) is 13.8 Å². The first-order valence-electron chi connectivity index (χ1n) is 6.77. The number of carbonyl (C=O) groups excluding carboxylic acids is 1. The third kappa shape index (κ3) is 2.77. The maximum atomic E-state index is 11.3. The van der Waals surface area contributed by atoms with Crippen LogP contribution in [0.3, 0.4) is 0 Å². The van der Waals surface area contributed by atoms with Crippen molar-refractivity contribution >= 4 is 17.2 Å². The van der Waals surface area contributed by atoms with E-state index >= 15 is 0 Å². The summed E-state index contributed by atoms with van der Waals surface area (Å²) >= 11 is 0. The van der Waals surface area contributed by atoms with Gasteiger partial charge in [-0.15, -0.1) is 0 Å². The predicted molar refractivity (Wildman–Crippen MR) is 83.1 cm³/mol. The van der Waals surface area contributed by atoms with E-state index in [4.69, 9.17) is 4.74 Å². The van der Waals surface area contributed by atoms with Crippen molar-refractivity contribution in [2.24, 2.45) is 0 Å². The molecule has 1 aromatic heterocycles. The Hall–Kier alpha value is -2.68. The first kappa shape index (κ1) is 13.3. The Balaban J connectivity index is 2.08. The Morgan fingerprint density at radius 3 is 2.43 bits per heavy atom. The molecule has 0 unspecified atom stereocenters. The van der Waals surface area contributed by atoms with Gasteiger partial charge in [-0.05, 0) is 49.2 Å². The van der Waals surface area contributed by atoms with Crippen molar-refractivity contribution in [1.29, 1.82) is 0 Å². The first-order valence-corrected chi connectivity index (χ1v) is 6.77. The summed E-state index contributed by atoms with van der Waals surface area (Å²) in [7, 11) is 0. The van der Waals surface area contributed by atoms with Gasteiger partial charge in [0.2, 0.25) is 5.88 Å². The number of ether oxygens (including phenoxy) is 1. The van der Waals surface area contributed by atoms with E-state index in [1.165, 1.54) is 0 Å². The van der Waals surface area contributed by atoms with Gasteiger partial charge in [-0.3, -0.25) is 4.79 Å². The minimum atomic E-state index is 0.341. The predicted octanol–water partition coefficient (Wildman–Crippen LogP) is 4.46. The van der Waals surface area contributed by atoms with Crippen LogP contribution in [-0.2, 0) is 0 Å². The van der Waals surface area contributed by atoms with Gasteiger partial charge < -0.3 is 4.74 Å². The Labute approximate surface area is 123 Å². The Kier molecular flexibility index (Phi) is 3.40. The van der Waals surface area contributed by atoms with Crippen molar-refractivity contribution in [1.82, 2.24) is 4.98 Å². The number of benzene rings is 2. The van der Waals surface area contributed by atoms with Gasteiger partial charge in [0.15, 0.2) is 6.29 Å². The molecule has 0 saturated heterocycles. The average molecular weight is 277 g/mol. The van der Waals surface area contributed by atoms with Crippen LogP contribution in [0.15, 0.2) is 48.5 Å². The second-order valence-electron chi connectivity index (χ2n) is 5.12. The van der Waals surface area contributed by atoms with E-state index in [1.54, 1.807) is 6.07 Å². The maximum absolute atomic E-state index is 11.3. The highest BCUT2D eigenvalue weighted by Crippen LogP contribution is 2.27. The number of fused-ring (bicyclic) bond motifs is 1. The molecule has 0 aliphatic rings. The van der Waals surface area contributed by atoms with E-state index in [0.717, 1.165) is 28.3 Å². The fraction of sp³-hybridized carbons (Fsp3) is 0.111. The number of hydrogen-bond donors (Lipinski definition) is 0. The molecule has 0 bridgehead atoms. The van der Waals surface area contributed by atoms with Gasteiger partial charge in [-0.25, -0.2) is 4.98 Å². The topological polar surface area (TPSA) is 39.2 Å². The Morgan fingerprint density at radius 1 is 1.00 bits per heavy atom. The van der Waals surface area contributed by atoms with Gasteiger partial charge in [0, 0.05) is 5.39 Å². The molecule has 0 aliphatic heterocycles. The minimum Gasteiger partial charge on any atom is -0.438 e. The van der Waals surface area contributed by atoms with Crippen molar-refractivity contribution in [3.8, 4) is 11.6 Å². The second kappa shape index (κ2) is 5.37. The van der Waals surface area contributed by atoms with E-state index in [2.05, 4.69) is 11.1 Å². The molecule has 3 aromatic rings. The zero-order valence-electron chi connectivity index (χ0n) is 12.0. The number of aldehydes is 1. The van der Waals surface area contributed by atoms with Gasteiger partial charge in [-0.2, -0.15) is 0 Å². The van der Waals surface area contributed by atoms with E-state index < -0.39 is 0 Å². The van der Waals surface area contributed by atoms with Crippen LogP contribution in [0.2, 0.25) is 0 Å². The third-order valence-corrected chi connectivity index (χ3v) is 3.25. The van der Waals surface area contributed by atoms with Crippen LogP contribution in [0.1, 0.15) is 21.5 Å². The molecule has 1 heterocycles. The van der Waals surface area contributed by atoms with Crippen molar-refractivity contribution < 1.29 is 9.53 Å². The number of para-hydroxylation sites is 1. The van der Waals surface area contributed by atoms with E-state index in [9.17, 15) is 4.79 Å². The number of pyridine rings is 1. The van der Waals surface area contributed by atoms with Crippen molar-refractivity contribution in [3.63, 3.8) is 0 Å². The Morgan fingerprint density at radius 2 is 1.71 bits per heavy atom. The lowest BCUT2D eigenvalue weighted by Crippen LogP contribution is -1.95. The van der Waals surface area contributed by atoms with Gasteiger partial charge >= 0.3 is 0 Å². The molecule has 104 valence electrons. The summed E-state index contributed by atoms with van der Waals surface area (Å²) in [6.45, 7) is 4.02. The summed E-state index contributed by atoms with van der Waals surface area (Å²) in [5, 5.41) is 0.923. The average Bonchev–Trinajstić information content (AvgIpc) is 2.45. The number of carbonyl (C=O) groups is 1. The quantitative estimate of drug-likeness (QED) is 0.664. The molecule has 3 heteroatoms. The summed E-state index contributed by atoms with van der Waals surface area (Å²) in [4.78, 5) is 15.7. The zero-order chi connectivity index (χ0) is 14.8. The molecule has 0 amide bonds. The monoisotopic (exact) mass is 277 g/mol. The molecule has 0 atom stereocenters. The highest BCUT2D eigenvalue weighted by Gasteiger charge is 2.09. The fourth-order valence-electron chi connectivity index (χ4n) is 2.38. The lowest BCUT2D eigenvalue weighted by atomic mass is 10.1. The summed E-state index contributed by atoms with van der Waals surface area (Å²) in [6.07, 6.45) is 0.775. The van der Waals surface area contributed by atoms with Gasteiger partial charge in [0.25, 0.3) is 0 Å². The lowest BCUT2D eigenvalue weighted by Gasteiger charge is -2.10. The van der Waals surface area contributed by atoms with Crippen LogP contribution in [0.5, 0.6) is 11.6 Å². The van der Waals surface area contributed by atoms with Crippen LogP contribution in [0.25, 0.3) is 10.9 Å². The molecule has 0 N–H and O–H groups in total. The largest absolute Gasteiger partial charge is 0.438 e. The molecule has 0 spiro atoms. The number of rotatable bonds is 3. The van der Waals surface area contributed by atoms with Gasteiger partial charge in [0.05, 0.1) is 11.1 Å². The van der Waals surface area contributed by atoms with Crippen molar-refractivity contribution in [3.05, 3.63) is 65.2 Å². The van der Waals surface area contributed by atoms with Gasteiger partial charge in [0.1, 0.15) is 5.75 Å². The van der Waals surface area contributed by atoms with Crippen LogP contribution in [-0.4, -0.2) is 11.3 Å².